The Kier molecular flexibility index (Phi) is 15.7. The maximum absolute atomic E-state index is 11.5. The van der Waals surface area contributed by atoms with Gasteiger partial charge in [-0.25, -0.2) is 0 Å². The van der Waals surface area contributed by atoms with Crippen molar-refractivity contribution in [2.24, 2.45) is 0 Å². The number of nitrogens with zero attached hydrogens (tertiary/aromatic N) is 1. The van der Waals surface area contributed by atoms with Gasteiger partial charge in [-0.15, -0.1) is 68.0 Å². The Morgan fingerprint density at radius 1 is 0.410 bits per heavy atom. The Morgan fingerprint density at radius 3 is 1.33 bits per heavy atom. The highest BCUT2D eigenvalue weighted by molar-refractivity contribution is 7.31. The van der Waals surface area contributed by atoms with Gasteiger partial charge in [0.2, 0.25) is 0 Å². The summed E-state index contributed by atoms with van der Waals surface area (Å²) in [5.41, 5.74) is 5.33. The zero-order chi connectivity index (χ0) is 41.8. The highest BCUT2D eigenvalue weighted by Crippen LogP contribution is 2.50. The number of para-hydroxylation sites is 2. The molecular formula is C53H55NOS6. The molecule has 0 aliphatic rings. The average Bonchev–Trinajstić information content (AvgIpc) is 4.15. The third-order valence-corrected chi connectivity index (χ3v) is 18.7. The highest BCUT2D eigenvalue weighted by Gasteiger charge is 2.21. The van der Waals surface area contributed by atoms with E-state index < -0.39 is 0 Å². The lowest BCUT2D eigenvalue weighted by Gasteiger charge is -2.23. The van der Waals surface area contributed by atoms with E-state index in [9.17, 15) is 4.79 Å². The summed E-state index contributed by atoms with van der Waals surface area (Å²) in [7, 11) is 0. The Balaban J connectivity index is 1.10. The SMILES string of the molecule is CCCCCCCCc1cc(-c2cc(CCCCCCCC)c(-c3ccc(-c4ccc(N(c5ccccc5)c5ccccc5)s4)s3)s2)sc1-c1ccc(-c2ccc(C=O)s2)s1. The van der Waals surface area contributed by atoms with E-state index in [-0.39, 0.29) is 0 Å². The highest BCUT2D eigenvalue weighted by atomic mass is 32.1. The molecule has 6 aromatic heterocycles. The summed E-state index contributed by atoms with van der Waals surface area (Å²) in [5.74, 6) is 0. The van der Waals surface area contributed by atoms with Crippen LogP contribution in [0.2, 0.25) is 0 Å². The van der Waals surface area contributed by atoms with E-state index in [4.69, 9.17) is 0 Å². The van der Waals surface area contributed by atoms with Gasteiger partial charge >= 0.3 is 0 Å². The van der Waals surface area contributed by atoms with Gasteiger partial charge in [-0.05, 0) is 122 Å². The number of thiophene rings is 6. The Hall–Kier alpha value is -3.89. The Bertz CT molecular complexity index is 2520. The summed E-state index contributed by atoms with van der Waals surface area (Å²) >= 11 is 11.2. The molecule has 8 aromatic rings. The van der Waals surface area contributed by atoms with Gasteiger partial charge in [0.15, 0.2) is 6.29 Å². The smallest absolute Gasteiger partial charge is 0.160 e. The molecule has 2 nitrogen and oxygen atoms in total. The predicted molar refractivity (Wildman–Crippen MR) is 275 cm³/mol. The van der Waals surface area contributed by atoms with Crippen LogP contribution in [0.1, 0.15) is 112 Å². The molecule has 0 bridgehead atoms. The molecule has 0 amide bonds. The van der Waals surface area contributed by atoms with Crippen LogP contribution in [-0.4, -0.2) is 6.29 Å². The molecule has 0 aliphatic heterocycles. The zero-order valence-corrected chi connectivity index (χ0v) is 40.2. The number of hydrogen-bond donors (Lipinski definition) is 0. The van der Waals surface area contributed by atoms with Crippen LogP contribution < -0.4 is 4.90 Å². The largest absolute Gasteiger partial charge is 0.302 e. The van der Waals surface area contributed by atoms with Crippen molar-refractivity contribution < 1.29 is 4.79 Å². The fourth-order valence-corrected chi connectivity index (χ4v) is 14.8. The normalized spacial score (nSPS) is 11.4. The number of hydrogen-bond acceptors (Lipinski definition) is 8. The number of unbranched alkanes of at least 4 members (excludes halogenated alkanes) is 10. The van der Waals surface area contributed by atoms with Crippen molar-refractivity contribution >= 4 is 90.7 Å². The lowest BCUT2D eigenvalue weighted by Crippen LogP contribution is -2.07. The van der Waals surface area contributed by atoms with Crippen molar-refractivity contribution in [1.29, 1.82) is 0 Å². The monoisotopic (exact) mass is 913 g/mol. The van der Waals surface area contributed by atoms with Gasteiger partial charge in [-0.1, -0.05) is 114 Å². The summed E-state index contributed by atoms with van der Waals surface area (Å²) in [6.45, 7) is 4.59. The fraction of sp³-hybridized carbons (Fsp3) is 0.302. The van der Waals surface area contributed by atoms with Gasteiger partial charge in [0.05, 0.1) is 4.88 Å². The molecule has 0 fully saturated rings. The number of carbonyl (C=O) groups is 1. The van der Waals surface area contributed by atoms with E-state index in [1.165, 1.54) is 153 Å². The van der Waals surface area contributed by atoms with E-state index in [2.05, 4.69) is 134 Å². The second kappa shape index (κ2) is 22.0. The fourth-order valence-electron chi connectivity index (χ4n) is 7.95. The van der Waals surface area contributed by atoms with Crippen LogP contribution in [0.15, 0.2) is 121 Å². The first kappa shape index (κ1) is 43.7. The number of rotatable bonds is 23. The van der Waals surface area contributed by atoms with Crippen LogP contribution >= 0.6 is 68.0 Å². The number of aldehydes is 1. The first-order valence-electron chi connectivity index (χ1n) is 22.1. The lowest BCUT2D eigenvalue weighted by molar-refractivity contribution is 0.112. The summed E-state index contributed by atoms with van der Waals surface area (Å²) in [5, 5.41) is 1.22. The molecule has 0 atom stereocenters. The van der Waals surface area contributed by atoms with E-state index in [1.807, 2.05) is 62.8 Å². The van der Waals surface area contributed by atoms with Crippen LogP contribution in [0.25, 0.3) is 48.8 Å². The van der Waals surface area contributed by atoms with Gasteiger partial charge < -0.3 is 4.90 Å². The molecule has 2 aromatic carbocycles. The molecule has 8 rings (SSSR count). The van der Waals surface area contributed by atoms with E-state index in [1.54, 1.807) is 11.3 Å². The molecule has 6 heterocycles. The minimum atomic E-state index is 0.785. The van der Waals surface area contributed by atoms with Crippen LogP contribution in [-0.2, 0) is 12.8 Å². The van der Waals surface area contributed by atoms with Crippen LogP contribution in [0.5, 0.6) is 0 Å². The molecule has 314 valence electrons. The van der Waals surface area contributed by atoms with Crippen LogP contribution in [0.4, 0.5) is 16.4 Å². The number of aryl methyl sites for hydroxylation is 2. The van der Waals surface area contributed by atoms with Crippen molar-refractivity contribution in [3.05, 3.63) is 137 Å². The minimum Gasteiger partial charge on any atom is -0.302 e. The second-order valence-electron chi connectivity index (χ2n) is 15.8. The second-order valence-corrected chi connectivity index (χ2v) is 22.2. The van der Waals surface area contributed by atoms with E-state index in [0.717, 1.165) is 24.0 Å². The van der Waals surface area contributed by atoms with Crippen LogP contribution in [0.3, 0.4) is 0 Å². The summed E-state index contributed by atoms with van der Waals surface area (Å²) < 4.78 is 0. The molecule has 8 heteroatoms. The standard InChI is InChI=1S/C53H55NOS6/c1-3-5-7-9-11-15-21-38-35-49(60-52(38)47-31-29-44(57-47)43-28-27-42(37-55)56-43)50-36-39(22-16-12-10-8-6-4-2)53(61-50)48-32-30-45(58-48)46-33-34-51(59-46)54(40-23-17-13-18-24-40)41-25-19-14-20-26-41/h13-14,17-20,23-37H,3-12,15-16,21-22H2,1-2H3. The molecule has 0 saturated carbocycles. The summed E-state index contributed by atoms with van der Waals surface area (Å²) in [6.07, 6.45) is 18.8. The average molecular weight is 914 g/mol. The number of carbonyl (C=O) groups excluding carboxylic acids is 1. The van der Waals surface area contributed by atoms with E-state index >= 15 is 0 Å². The molecule has 0 aliphatic carbocycles. The quantitative estimate of drug-likeness (QED) is 0.0471. The van der Waals surface area contributed by atoms with Crippen molar-refractivity contribution in [2.75, 3.05) is 4.90 Å². The molecular weight excluding hydrogens is 859 g/mol. The van der Waals surface area contributed by atoms with Crippen molar-refractivity contribution in [3.8, 4) is 48.8 Å². The van der Waals surface area contributed by atoms with Gasteiger partial charge in [0.1, 0.15) is 5.00 Å². The Morgan fingerprint density at radius 2 is 0.836 bits per heavy atom. The molecule has 0 radical (unpaired) electrons. The minimum absolute atomic E-state index is 0.785. The van der Waals surface area contributed by atoms with Gasteiger partial charge in [-0.3, -0.25) is 4.79 Å². The summed E-state index contributed by atoms with van der Waals surface area (Å²) in [4.78, 5) is 28.0. The molecule has 61 heavy (non-hydrogen) atoms. The van der Waals surface area contributed by atoms with Crippen LogP contribution in [0, 0.1) is 0 Å². The van der Waals surface area contributed by atoms with Gasteiger partial charge in [0, 0.05) is 60.1 Å². The van der Waals surface area contributed by atoms with E-state index in [0.29, 0.717) is 0 Å². The molecule has 0 saturated heterocycles. The topological polar surface area (TPSA) is 20.3 Å². The molecule has 0 N–H and O–H groups in total. The number of anilines is 3. The maximum Gasteiger partial charge on any atom is 0.160 e. The lowest BCUT2D eigenvalue weighted by atomic mass is 10.0. The molecule has 0 unspecified atom stereocenters. The first-order chi connectivity index (χ1) is 30.1. The zero-order valence-electron chi connectivity index (χ0n) is 35.3. The molecule has 0 spiro atoms. The maximum atomic E-state index is 11.5. The van der Waals surface area contributed by atoms with Crippen molar-refractivity contribution in [2.45, 2.75) is 104 Å². The third-order valence-electron chi connectivity index (χ3n) is 11.2. The Labute approximate surface area is 387 Å². The predicted octanol–water partition coefficient (Wildman–Crippen LogP) is 19.5. The van der Waals surface area contributed by atoms with Crippen molar-refractivity contribution in [1.82, 2.24) is 0 Å². The van der Waals surface area contributed by atoms with Gasteiger partial charge in [-0.2, -0.15) is 0 Å². The first-order valence-corrected chi connectivity index (χ1v) is 27.0. The van der Waals surface area contributed by atoms with Crippen molar-refractivity contribution in [3.63, 3.8) is 0 Å². The van der Waals surface area contributed by atoms with Gasteiger partial charge in [0.25, 0.3) is 0 Å². The summed E-state index contributed by atoms with van der Waals surface area (Å²) in [6, 6.07) is 44.4. The third kappa shape index (κ3) is 11.0. The number of benzene rings is 2.